The Balaban J connectivity index is 1.76. The molecule has 0 spiro atoms. The van der Waals surface area contributed by atoms with Gasteiger partial charge in [0.25, 0.3) is 0 Å². The second-order valence-electron chi connectivity index (χ2n) is 5.90. The molecule has 3 rings (SSSR count). The van der Waals surface area contributed by atoms with E-state index in [2.05, 4.69) is 48.6 Å². The number of benzene rings is 2. The molecule has 2 heteroatoms. The van der Waals surface area contributed by atoms with Crippen molar-refractivity contribution in [3.63, 3.8) is 0 Å². The number of hydrogen-bond donors (Lipinski definition) is 1. The number of nitrogens with one attached hydrogen (secondary N) is 1. The largest absolute Gasteiger partial charge is 0.314 e. The molecule has 0 radical (unpaired) electrons. The van der Waals surface area contributed by atoms with E-state index in [0.717, 1.165) is 18.0 Å². The van der Waals surface area contributed by atoms with Gasteiger partial charge in [-0.05, 0) is 54.5 Å². The molecule has 1 unspecified atom stereocenters. The highest BCUT2D eigenvalue weighted by Gasteiger charge is 2.28. The maximum Gasteiger partial charge on any atom is 0.0438 e. The molecule has 1 aliphatic rings. The summed E-state index contributed by atoms with van der Waals surface area (Å²) in [6.45, 7) is 3.18. The van der Waals surface area contributed by atoms with Gasteiger partial charge in [-0.1, -0.05) is 61.0 Å². The van der Waals surface area contributed by atoms with Crippen LogP contribution in [0, 0.1) is 5.92 Å². The zero-order valence-corrected chi connectivity index (χ0v) is 13.2. The van der Waals surface area contributed by atoms with Gasteiger partial charge in [-0.25, -0.2) is 0 Å². The minimum Gasteiger partial charge on any atom is -0.314 e. The molecule has 0 aromatic heterocycles. The molecule has 0 aliphatic heterocycles. The van der Waals surface area contributed by atoms with Gasteiger partial charge in [0.05, 0.1) is 0 Å². The molecule has 1 aliphatic carbocycles. The Morgan fingerprint density at radius 2 is 1.67 bits per heavy atom. The van der Waals surface area contributed by atoms with Gasteiger partial charge in [-0.2, -0.15) is 0 Å². The van der Waals surface area contributed by atoms with Gasteiger partial charge in [-0.3, -0.25) is 0 Å². The fourth-order valence-electron chi connectivity index (χ4n) is 3.45. The predicted octanol–water partition coefficient (Wildman–Crippen LogP) is 4.28. The van der Waals surface area contributed by atoms with Gasteiger partial charge >= 0.3 is 0 Å². The molecular weight excluding hydrogens is 278 g/mol. The summed E-state index contributed by atoms with van der Waals surface area (Å²) < 4.78 is 0. The lowest BCUT2D eigenvalue weighted by Gasteiger charge is -2.25. The van der Waals surface area contributed by atoms with Crippen LogP contribution in [0.4, 0.5) is 0 Å². The molecule has 21 heavy (non-hydrogen) atoms. The zero-order valence-electron chi connectivity index (χ0n) is 12.5. The highest BCUT2D eigenvalue weighted by molar-refractivity contribution is 6.31. The van der Waals surface area contributed by atoms with Crippen LogP contribution in [-0.4, -0.2) is 12.6 Å². The van der Waals surface area contributed by atoms with Gasteiger partial charge < -0.3 is 5.32 Å². The van der Waals surface area contributed by atoms with Gasteiger partial charge in [0.1, 0.15) is 0 Å². The van der Waals surface area contributed by atoms with E-state index in [1.807, 2.05) is 12.1 Å². The van der Waals surface area contributed by atoms with Gasteiger partial charge in [0.2, 0.25) is 0 Å². The summed E-state index contributed by atoms with van der Waals surface area (Å²) in [4.78, 5) is 0. The van der Waals surface area contributed by atoms with Crippen LogP contribution >= 0.6 is 11.6 Å². The molecule has 1 atom stereocenters. The van der Waals surface area contributed by atoms with Crippen molar-refractivity contribution in [1.82, 2.24) is 5.32 Å². The summed E-state index contributed by atoms with van der Waals surface area (Å²) in [7, 11) is 0. The van der Waals surface area contributed by atoms with Gasteiger partial charge in [0.15, 0.2) is 0 Å². The summed E-state index contributed by atoms with van der Waals surface area (Å²) in [6.07, 6.45) is 3.36. The van der Waals surface area contributed by atoms with E-state index in [1.54, 1.807) is 0 Å². The van der Waals surface area contributed by atoms with Crippen LogP contribution in [0.2, 0.25) is 5.02 Å². The van der Waals surface area contributed by atoms with Crippen molar-refractivity contribution in [2.24, 2.45) is 5.92 Å². The topological polar surface area (TPSA) is 12.0 Å². The van der Waals surface area contributed by atoms with E-state index in [-0.39, 0.29) is 0 Å². The number of fused-ring (bicyclic) bond motifs is 1. The van der Waals surface area contributed by atoms with Crippen molar-refractivity contribution < 1.29 is 0 Å². The van der Waals surface area contributed by atoms with E-state index >= 15 is 0 Å². The lowest BCUT2D eigenvalue weighted by atomic mass is 9.91. The first-order valence-electron chi connectivity index (χ1n) is 7.81. The maximum atomic E-state index is 6.34. The van der Waals surface area contributed by atoms with E-state index in [4.69, 9.17) is 11.6 Å². The quantitative estimate of drug-likeness (QED) is 0.869. The minimum absolute atomic E-state index is 0.488. The van der Waals surface area contributed by atoms with Crippen molar-refractivity contribution >= 4 is 11.6 Å². The number of likely N-dealkylation sites (N-methyl/N-ethyl adjacent to an activating group) is 1. The summed E-state index contributed by atoms with van der Waals surface area (Å²) in [5, 5.41) is 4.56. The van der Waals surface area contributed by atoms with Crippen molar-refractivity contribution in [1.29, 1.82) is 0 Å². The number of rotatable bonds is 5. The highest BCUT2D eigenvalue weighted by atomic mass is 35.5. The van der Waals surface area contributed by atoms with Crippen LogP contribution < -0.4 is 5.32 Å². The standard InChI is InChI=1S/C19H22ClN/c1-2-21-19(13-16-9-5-6-10-18(16)20)17-11-14-7-3-4-8-15(14)12-17/h3-10,17,19,21H,2,11-13H2,1H3. The second kappa shape index (κ2) is 6.64. The SMILES string of the molecule is CCNC(Cc1ccccc1Cl)C1Cc2ccccc2C1. The van der Waals surface area contributed by atoms with E-state index < -0.39 is 0 Å². The third kappa shape index (κ3) is 3.30. The van der Waals surface area contributed by atoms with Crippen LogP contribution in [0.5, 0.6) is 0 Å². The molecule has 2 aromatic carbocycles. The monoisotopic (exact) mass is 299 g/mol. The Bertz CT molecular complexity index is 583. The summed E-state index contributed by atoms with van der Waals surface area (Å²) in [5.41, 5.74) is 4.29. The minimum atomic E-state index is 0.488. The van der Waals surface area contributed by atoms with Crippen LogP contribution in [-0.2, 0) is 19.3 Å². The molecule has 1 nitrogen and oxygen atoms in total. The molecule has 2 aromatic rings. The Morgan fingerprint density at radius 1 is 1.05 bits per heavy atom. The first-order chi connectivity index (χ1) is 10.3. The highest BCUT2D eigenvalue weighted by Crippen LogP contribution is 2.30. The maximum absolute atomic E-state index is 6.34. The lowest BCUT2D eigenvalue weighted by Crippen LogP contribution is -2.38. The fourth-order valence-corrected chi connectivity index (χ4v) is 3.66. The summed E-state index contributed by atoms with van der Waals surface area (Å²) in [5.74, 6) is 0.665. The third-order valence-corrected chi connectivity index (χ3v) is 4.88. The third-order valence-electron chi connectivity index (χ3n) is 4.52. The van der Waals surface area contributed by atoms with Gasteiger partial charge in [0, 0.05) is 11.1 Å². The van der Waals surface area contributed by atoms with E-state index in [9.17, 15) is 0 Å². The number of halogens is 1. The molecule has 1 N–H and O–H groups in total. The smallest absolute Gasteiger partial charge is 0.0438 e. The van der Waals surface area contributed by atoms with Crippen molar-refractivity contribution in [3.8, 4) is 0 Å². The number of hydrogen-bond acceptors (Lipinski definition) is 1. The normalized spacial score (nSPS) is 15.9. The van der Waals surface area contributed by atoms with Crippen molar-refractivity contribution in [3.05, 3.63) is 70.2 Å². The van der Waals surface area contributed by atoms with Crippen LogP contribution in [0.1, 0.15) is 23.6 Å². The molecular formula is C19H22ClN. The lowest BCUT2D eigenvalue weighted by molar-refractivity contribution is 0.368. The molecule has 110 valence electrons. The van der Waals surface area contributed by atoms with Crippen molar-refractivity contribution in [2.75, 3.05) is 6.54 Å². The van der Waals surface area contributed by atoms with Gasteiger partial charge in [-0.15, -0.1) is 0 Å². The predicted molar refractivity (Wildman–Crippen MR) is 90.0 cm³/mol. The van der Waals surface area contributed by atoms with Crippen LogP contribution in [0.25, 0.3) is 0 Å². The Morgan fingerprint density at radius 3 is 2.29 bits per heavy atom. The Hall–Kier alpha value is -1.31. The molecule has 0 amide bonds. The molecule has 0 saturated heterocycles. The van der Waals surface area contributed by atoms with Crippen LogP contribution in [0.15, 0.2) is 48.5 Å². The van der Waals surface area contributed by atoms with Crippen molar-refractivity contribution in [2.45, 2.75) is 32.2 Å². The average molecular weight is 300 g/mol. The Kier molecular flexibility index (Phi) is 4.62. The first kappa shape index (κ1) is 14.6. The molecule has 0 heterocycles. The summed E-state index contributed by atoms with van der Waals surface area (Å²) in [6, 6.07) is 17.5. The zero-order chi connectivity index (χ0) is 14.7. The van der Waals surface area contributed by atoms with Crippen LogP contribution in [0.3, 0.4) is 0 Å². The summed E-state index contributed by atoms with van der Waals surface area (Å²) >= 11 is 6.34. The molecule has 0 bridgehead atoms. The van der Waals surface area contributed by atoms with E-state index in [1.165, 1.54) is 29.5 Å². The fraction of sp³-hybridized carbons (Fsp3) is 0.368. The average Bonchev–Trinajstić information content (AvgIpc) is 2.93. The first-order valence-corrected chi connectivity index (χ1v) is 8.19. The molecule has 0 saturated carbocycles. The van der Waals surface area contributed by atoms with E-state index in [0.29, 0.717) is 12.0 Å². The molecule has 0 fully saturated rings. The second-order valence-corrected chi connectivity index (χ2v) is 6.30. The Labute approximate surface area is 132 Å².